The fourth-order valence-corrected chi connectivity index (χ4v) is 0.228. The van der Waals surface area contributed by atoms with Crippen LogP contribution in [-0.2, 0) is 0 Å². The zero-order valence-electron chi connectivity index (χ0n) is 4.65. The first kappa shape index (κ1) is 6.40. The Labute approximate surface area is 45.4 Å². The van der Waals surface area contributed by atoms with E-state index in [9.17, 15) is 0 Å². The Morgan fingerprint density at radius 3 is 2.29 bits per heavy atom. The van der Waals surface area contributed by atoms with Gasteiger partial charge in [0.25, 0.3) is 0 Å². The van der Waals surface area contributed by atoms with Crippen LogP contribution in [0.25, 0.3) is 0 Å². The van der Waals surface area contributed by atoms with E-state index in [1.54, 1.807) is 20.3 Å². The molecule has 38 valence electrons. The normalized spacial score (nSPS) is 10.9. The highest BCUT2D eigenvalue weighted by Gasteiger charge is 1.73. The Hall–Kier alpha value is -0.595. The summed E-state index contributed by atoms with van der Waals surface area (Å²) in [4.78, 5) is 0. The smallest absolute Gasteiger partial charge is 0.139 e. The van der Waals surface area contributed by atoms with Crippen LogP contribution in [0.2, 0.25) is 0 Å². The van der Waals surface area contributed by atoms with Gasteiger partial charge in [-0.25, -0.2) is 0 Å². The molecule has 7 heavy (non-hydrogen) atoms. The molecule has 2 nitrogen and oxygen atoms in total. The Morgan fingerprint density at radius 2 is 2.14 bits per heavy atom. The van der Waals surface area contributed by atoms with E-state index in [1.165, 1.54) is 0 Å². The van der Waals surface area contributed by atoms with Crippen molar-refractivity contribution in [3.05, 3.63) is 11.8 Å². The predicted molar refractivity (Wildman–Crippen MR) is 32.0 cm³/mol. The van der Waals surface area contributed by atoms with Crippen molar-refractivity contribution in [1.82, 2.24) is 10.6 Å². The second-order valence-electron chi connectivity index (χ2n) is 1.14. The Morgan fingerprint density at radius 1 is 1.57 bits per heavy atom. The van der Waals surface area contributed by atoms with Crippen LogP contribution in [-0.4, -0.2) is 21.9 Å². The zero-order chi connectivity index (χ0) is 5.70. The summed E-state index contributed by atoms with van der Waals surface area (Å²) in [6.07, 6.45) is 1.68. The average Bonchev–Trinajstić information content (AvgIpc) is 1.68. The van der Waals surface area contributed by atoms with Gasteiger partial charge in [-0.2, -0.15) is 0 Å². The van der Waals surface area contributed by atoms with Crippen molar-refractivity contribution < 1.29 is 0 Å². The van der Waals surface area contributed by atoms with Gasteiger partial charge >= 0.3 is 0 Å². The van der Waals surface area contributed by atoms with Crippen LogP contribution in [0.15, 0.2) is 11.8 Å². The predicted octanol–water partition coefficient (Wildman–Crippen LogP) is -0.607. The monoisotopic (exact) mass is 96.1 g/mol. The summed E-state index contributed by atoms with van der Waals surface area (Å²) in [5.41, 5.74) is 0.641. The molecule has 0 amide bonds. The van der Waals surface area contributed by atoms with Crippen LogP contribution < -0.4 is 10.6 Å². The SMILES string of the molecule is [B]/C(=C/NC)NC. The number of nitrogens with one attached hydrogen (secondary N) is 2. The third kappa shape index (κ3) is 3.23. The summed E-state index contributed by atoms with van der Waals surface area (Å²) in [5, 5.41) is 5.51. The van der Waals surface area contributed by atoms with Crippen LogP contribution >= 0.6 is 0 Å². The fourth-order valence-electron chi connectivity index (χ4n) is 0.228. The molecule has 0 rings (SSSR count). The molecule has 0 atom stereocenters. The summed E-state index contributed by atoms with van der Waals surface area (Å²) < 4.78 is 0. The van der Waals surface area contributed by atoms with E-state index in [2.05, 4.69) is 10.6 Å². The lowest BCUT2D eigenvalue weighted by molar-refractivity contribution is 1.01. The number of hydrogen-bond acceptors (Lipinski definition) is 2. The molecule has 0 aromatic carbocycles. The van der Waals surface area contributed by atoms with Crippen molar-refractivity contribution in [1.29, 1.82) is 0 Å². The first-order valence-electron chi connectivity index (χ1n) is 2.12. The topological polar surface area (TPSA) is 24.1 Å². The Kier molecular flexibility index (Phi) is 3.28. The molecular formula is C4H9BN2. The van der Waals surface area contributed by atoms with E-state index >= 15 is 0 Å². The van der Waals surface area contributed by atoms with Gasteiger partial charge in [-0.05, 0) is 5.60 Å². The Bertz CT molecular complexity index is 70.1. The third-order valence-electron chi connectivity index (χ3n) is 0.589. The van der Waals surface area contributed by atoms with Crippen molar-refractivity contribution in [2.24, 2.45) is 0 Å². The zero-order valence-corrected chi connectivity index (χ0v) is 4.65. The lowest BCUT2D eigenvalue weighted by Gasteiger charge is -1.96. The van der Waals surface area contributed by atoms with Gasteiger partial charge < -0.3 is 10.6 Å². The molecule has 0 spiro atoms. The molecule has 0 saturated heterocycles. The van der Waals surface area contributed by atoms with Crippen LogP contribution in [0.5, 0.6) is 0 Å². The molecular weight excluding hydrogens is 86.9 g/mol. The van der Waals surface area contributed by atoms with Crippen molar-refractivity contribution in [2.45, 2.75) is 0 Å². The molecule has 0 fully saturated rings. The molecule has 0 saturated carbocycles. The standard InChI is InChI=1S/C4H9BN2/c1-6-3-4(5)7-2/h3,6-7H,1-2H3/b4-3-. The van der Waals surface area contributed by atoms with Gasteiger partial charge in [-0.15, -0.1) is 0 Å². The second kappa shape index (κ2) is 3.59. The second-order valence-corrected chi connectivity index (χ2v) is 1.14. The fraction of sp³-hybridized carbons (Fsp3) is 0.500. The third-order valence-corrected chi connectivity index (χ3v) is 0.589. The van der Waals surface area contributed by atoms with Crippen molar-refractivity contribution >= 4 is 7.85 Å². The summed E-state index contributed by atoms with van der Waals surface area (Å²) >= 11 is 0. The van der Waals surface area contributed by atoms with Crippen LogP contribution in [0.4, 0.5) is 0 Å². The first-order valence-corrected chi connectivity index (χ1v) is 2.12. The molecule has 0 heterocycles. The lowest BCUT2D eigenvalue weighted by Crippen LogP contribution is -2.09. The van der Waals surface area contributed by atoms with Gasteiger partial charge in [0.15, 0.2) is 0 Å². The van der Waals surface area contributed by atoms with Crippen LogP contribution in [0.3, 0.4) is 0 Å². The van der Waals surface area contributed by atoms with E-state index < -0.39 is 0 Å². The van der Waals surface area contributed by atoms with Gasteiger partial charge in [0, 0.05) is 20.3 Å². The lowest BCUT2D eigenvalue weighted by atomic mass is 10.1. The maximum absolute atomic E-state index is 5.27. The number of rotatable bonds is 2. The van der Waals surface area contributed by atoms with Crippen molar-refractivity contribution in [3.8, 4) is 0 Å². The molecule has 0 aliphatic rings. The van der Waals surface area contributed by atoms with Gasteiger partial charge in [0.05, 0.1) is 0 Å². The van der Waals surface area contributed by atoms with Gasteiger partial charge in [0.1, 0.15) is 7.85 Å². The van der Waals surface area contributed by atoms with E-state index in [4.69, 9.17) is 7.85 Å². The molecule has 2 N–H and O–H groups in total. The van der Waals surface area contributed by atoms with Crippen molar-refractivity contribution in [3.63, 3.8) is 0 Å². The van der Waals surface area contributed by atoms with Crippen LogP contribution in [0.1, 0.15) is 0 Å². The highest BCUT2D eigenvalue weighted by Crippen LogP contribution is 1.68. The Balaban J connectivity index is 3.29. The largest absolute Gasteiger partial charge is 0.399 e. The van der Waals surface area contributed by atoms with E-state index in [0.717, 1.165) is 0 Å². The van der Waals surface area contributed by atoms with Gasteiger partial charge in [0.2, 0.25) is 0 Å². The quantitative estimate of drug-likeness (QED) is 0.448. The molecule has 0 aromatic heterocycles. The van der Waals surface area contributed by atoms with Crippen LogP contribution in [0, 0.1) is 0 Å². The van der Waals surface area contributed by atoms with E-state index in [0.29, 0.717) is 5.60 Å². The minimum absolute atomic E-state index is 0.641. The summed E-state index contributed by atoms with van der Waals surface area (Å²) in [6, 6.07) is 0. The maximum Gasteiger partial charge on any atom is 0.139 e. The molecule has 0 unspecified atom stereocenters. The van der Waals surface area contributed by atoms with E-state index in [-0.39, 0.29) is 0 Å². The summed E-state index contributed by atoms with van der Waals surface area (Å²) in [6.45, 7) is 0. The van der Waals surface area contributed by atoms with Crippen molar-refractivity contribution in [2.75, 3.05) is 14.1 Å². The molecule has 0 bridgehead atoms. The first-order chi connectivity index (χ1) is 3.31. The average molecular weight is 95.9 g/mol. The molecule has 0 aromatic rings. The highest BCUT2D eigenvalue weighted by molar-refractivity contribution is 6.21. The van der Waals surface area contributed by atoms with Gasteiger partial charge in [-0.3, -0.25) is 0 Å². The number of hydrogen-bond donors (Lipinski definition) is 2. The van der Waals surface area contributed by atoms with Gasteiger partial charge in [-0.1, -0.05) is 0 Å². The minimum atomic E-state index is 0.641. The molecule has 0 aliphatic heterocycles. The summed E-state index contributed by atoms with van der Waals surface area (Å²) in [5.74, 6) is 0. The molecule has 2 radical (unpaired) electrons. The summed E-state index contributed by atoms with van der Waals surface area (Å²) in [7, 11) is 8.83. The maximum atomic E-state index is 5.27. The molecule has 3 heteroatoms. The highest BCUT2D eigenvalue weighted by atomic mass is 14.9. The van der Waals surface area contributed by atoms with E-state index in [1.807, 2.05) is 0 Å². The molecule has 0 aliphatic carbocycles. The minimum Gasteiger partial charge on any atom is -0.399 e.